The predicted molar refractivity (Wildman–Crippen MR) is 107 cm³/mol. The van der Waals surface area contributed by atoms with Gasteiger partial charge in [0.25, 0.3) is 5.91 Å². The largest absolute Gasteiger partial charge is 0.380 e. The molecule has 1 saturated heterocycles. The van der Waals surface area contributed by atoms with E-state index >= 15 is 0 Å². The number of hydrogen-bond acceptors (Lipinski definition) is 4. The third-order valence-electron chi connectivity index (χ3n) is 4.93. The Morgan fingerprint density at radius 2 is 1.81 bits per heavy atom. The van der Waals surface area contributed by atoms with Gasteiger partial charge in [0, 0.05) is 54.6 Å². The van der Waals surface area contributed by atoms with Crippen LogP contribution in [-0.4, -0.2) is 44.1 Å². The zero-order valence-corrected chi connectivity index (χ0v) is 16.0. The van der Waals surface area contributed by atoms with Gasteiger partial charge in [0.2, 0.25) is 0 Å². The van der Waals surface area contributed by atoms with Crippen LogP contribution in [0, 0.1) is 5.82 Å². The molecule has 27 heavy (non-hydrogen) atoms. The lowest BCUT2D eigenvalue weighted by atomic mass is 10.1. The fourth-order valence-corrected chi connectivity index (χ4v) is 4.76. The monoisotopic (exact) mass is 384 g/mol. The van der Waals surface area contributed by atoms with Gasteiger partial charge in [0.05, 0.1) is 11.5 Å². The molecule has 1 aliphatic heterocycles. The van der Waals surface area contributed by atoms with Gasteiger partial charge < -0.3 is 14.5 Å². The number of nitrogens with zero attached hydrogens (tertiary/aromatic N) is 2. The van der Waals surface area contributed by atoms with Crippen LogP contribution >= 0.6 is 11.3 Å². The molecule has 140 valence electrons. The summed E-state index contributed by atoms with van der Waals surface area (Å²) in [7, 11) is 1.57. The number of amides is 1. The van der Waals surface area contributed by atoms with Crippen LogP contribution in [0.4, 0.5) is 10.1 Å². The Morgan fingerprint density at radius 3 is 2.52 bits per heavy atom. The van der Waals surface area contributed by atoms with Crippen molar-refractivity contribution in [2.24, 2.45) is 0 Å². The highest BCUT2D eigenvalue weighted by molar-refractivity contribution is 7.21. The van der Waals surface area contributed by atoms with Crippen molar-refractivity contribution in [2.75, 3.05) is 38.2 Å². The number of hydrogen-bond donors (Lipinski definition) is 0. The molecule has 6 heteroatoms. The third-order valence-corrected chi connectivity index (χ3v) is 6.12. The van der Waals surface area contributed by atoms with Crippen molar-refractivity contribution in [3.63, 3.8) is 0 Å². The van der Waals surface area contributed by atoms with Crippen molar-refractivity contribution in [3.8, 4) is 0 Å². The lowest BCUT2D eigenvalue weighted by Gasteiger charge is -2.36. The van der Waals surface area contributed by atoms with Crippen molar-refractivity contribution >= 4 is 33.0 Å². The lowest BCUT2D eigenvalue weighted by molar-refractivity contribution is 0.0747. The van der Waals surface area contributed by atoms with Crippen LogP contribution < -0.4 is 4.90 Å². The molecule has 1 amide bonds. The average molecular weight is 384 g/mol. The van der Waals surface area contributed by atoms with Gasteiger partial charge in [0.15, 0.2) is 0 Å². The number of carbonyl (C=O) groups is 1. The van der Waals surface area contributed by atoms with Crippen LogP contribution in [0.1, 0.15) is 15.2 Å². The first-order valence-electron chi connectivity index (χ1n) is 8.97. The number of carbonyl (C=O) groups excluding carboxylic acids is 1. The molecule has 0 spiro atoms. The minimum absolute atomic E-state index is 0.0321. The molecule has 0 aliphatic carbocycles. The Bertz CT molecular complexity index is 949. The number of piperazine rings is 1. The van der Waals surface area contributed by atoms with Crippen LogP contribution in [0.5, 0.6) is 0 Å². The number of benzene rings is 2. The van der Waals surface area contributed by atoms with Gasteiger partial charge in [-0.15, -0.1) is 11.3 Å². The molecule has 2 heterocycles. The maximum Gasteiger partial charge on any atom is 0.264 e. The highest BCUT2D eigenvalue weighted by atomic mass is 32.1. The summed E-state index contributed by atoms with van der Waals surface area (Å²) in [6, 6.07) is 15.2. The molecule has 0 N–H and O–H groups in total. The van der Waals surface area contributed by atoms with Crippen molar-refractivity contribution in [1.29, 1.82) is 0 Å². The van der Waals surface area contributed by atoms with E-state index in [1.54, 1.807) is 13.2 Å². The van der Waals surface area contributed by atoms with Crippen LogP contribution in [0.25, 0.3) is 10.1 Å². The minimum Gasteiger partial charge on any atom is -0.380 e. The summed E-state index contributed by atoms with van der Waals surface area (Å²) in [6.07, 6.45) is 0. The Morgan fingerprint density at radius 1 is 1.07 bits per heavy atom. The van der Waals surface area contributed by atoms with Crippen LogP contribution in [0.3, 0.4) is 0 Å². The first-order chi connectivity index (χ1) is 13.2. The van der Waals surface area contributed by atoms with E-state index in [1.807, 2.05) is 29.2 Å². The molecule has 0 unspecified atom stereocenters. The molecule has 4 rings (SSSR count). The summed E-state index contributed by atoms with van der Waals surface area (Å²) >= 11 is 1.35. The average Bonchev–Trinajstić information content (AvgIpc) is 3.08. The quantitative estimate of drug-likeness (QED) is 0.677. The van der Waals surface area contributed by atoms with Gasteiger partial charge in [-0.1, -0.05) is 24.3 Å². The molecule has 1 fully saturated rings. The molecule has 0 radical (unpaired) electrons. The fourth-order valence-electron chi connectivity index (χ4n) is 3.57. The van der Waals surface area contributed by atoms with Gasteiger partial charge in [-0.2, -0.15) is 0 Å². The van der Waals surface area contributed by atoms with Crippen molar-refractivity contribution < 1.29 is 13.9 Å². The van der Waals surface area contributed by atoms with Gasteiger partial charge in [-0.3, -0.25) is 4.79 Å². The molecular formula is C21H21FN2O2S. The second kappa shape index (κ2) is 7.66. The molecule has 0 saturated carbocycles. The minimum atomic E-state index is -0.302. The van der Waals surface area contributed by atoms with Crippen molar-refractivity contribution in [2.45, 2.75) is 6.61 Å². The fraction of sp³-hybridized carbons (Fsp3) is 0.286. The summed E-state index contributed by atoms with van der Waals surface area (Å²) in [4.78, 5) is 17.9. The van der Waals surface area contributed by atoms with Crippen LogP contribution in [0.15, 0.2) is 48.5 Å². The van der Waals surface area contributed by atoms with Gasteiger partial charge in [-0.25, -0.2) is 4.39 Å². The second-order valence-electron chi connectivity index (χ2n) is 6.57. The molecular weight excluding hydrogens is 363 g/mol. The molecule has 1 aromatic heterocycles. The van der Waals surface area contributed by atoms with E-state index in [-0.39, 0.29) is 18.3 Å². The third kappa shape index (κ3) is 3.42. The number of ether oxygens (including phenoxy) is 1. The Hall–Kier alpha value is -2.44. The smallest absolute Gasteiger partial charge is 0.264 e. The maximum absolute atomic E-state index is 14.3. The van der Waals surface area contributed by atoms with E-state index in [0.29, 0.717) is 28.9 Å². The maximum atomic E-state index is 14.3. The lowest BCUT2D eigenvalue weighted by Crippen LogP contribution is -2.48. The van der Waals surface area contributed by atoms with Crippen LogP contribution in [-0.2, 0) is 11.3 Å². The van der Waals surface area contributed by atoms with E-state index in [2.05, 4.69) is 17.0 Å². The number of fused-ring (bicyclic) bond motifs is 1. The zero-order valence-electron chi connectivity index (χ0n) is 15.2. The number of thiophene rings is 1. The summed E-state index contributed by atoms with van der Waals surface area (Å²) in [5.41, 5.74) is 1.83. The first-order valence-corrected chi connectivity index (χ1v) is 9.79. The number of methoxy groups -OCH3 is 1. The molecule has 4 nitrogen and oxygen atoms in total. The van der Waals surface area contributed by atoms with Gasteiger partial charge in [-0.05, 0) is 24.3 Å². The number of para-hydroxylation sites is 1. The normalized spacial score (nSPS) is 14.7. The van der Waals surface area contributed by atoms with Crippen LogP contribution in [0.2, 0.25) is 0 Å². The first kappa shape index (κ1) is 17.9. The topological polar surface area (TPSA) is 32.8 Å². The van der Waals surface area contributed by atoms with E-state index in [0.717, 1.165) is 17.8 Å². The second-order valence-corrected chi connectivity index (χ2v) is 7.62. The Kier molecular flexibility index (Phi) is 5.09. The summed E-state index contributed by atoms with van der Waals surface area (Å²) in [5.74, 6) is -0.334. The molecule has 0 atom stereocenters. The SMILES string of the molecule is COCc1c(C(=O)N2CCN(c3ccccc3)CC2)sc2cccc(F)c12. The van der Waals surface area contributed by atoms with E-state index in [4.69, 9.17) is 4.74 Å². The Balaban J connectivity index is 1.57. The van der Waals surface area contributed by atoms with Gasteiger partial charge in [0.1, 0.15) is 5.82 Å². The number of anilines is 1. The zero-order chi connectivity index (χ0) is 18.8. The summed E-state index contributed by atoms with van der Waals surface area (Å²) < 4.78 is 20.4. The van der Waals surface area contributed by atoms with Crippen molar-refractivity contribution in [3.05, 3.63) is 64.8 Å². The van der Waals surface area contributed by atoms with E-state index < -0.39 is 0 Å². The van der Waals surface area contributed by atoms with E-state index in [1.165, 1.54) is 23.1 Å². The highest BCUT2D eigenvalue weighted by Gasteiger charge is 2.27. The van der Waals surface area contributed by atoms with Crippen molar-refractivity contribution in [1.82, 2.24) is 4.90 Å². The highest BCUT2D eigenvalue weighted by Crippen LogP contribution is 2.34. The summed E-state index contributed by atoms with van der Waals surface area (Å²) in [5, 5.41) is 0.510. The molecule has 0 bridgehead atoms. The number of halogens is 1. The standard InChI is InChI=1S/C21H21FN2O2S/c1-26-14-16-19-17(22)8-5-9-18(19)27-20(16)21(25)24-12-10-23(11-13-24)15-6-3-2-4-7-15/h2-9H,10-14H2,1H3. The van der Waals surface area contributed by atoms with E-state index in [9.17, 15) is 9.18 Å². The molecule has 1 aliphatic rings. The molecule has 3 aromatic rings. The van der Waals surface area contributed by atoms with Gasteiger partial charge >= 0.3 is 0 Å². The Labute approximate surface area is 161 Å². The number of rotatable bonds is 4. The summed E-state index contributed by atoms with van der Waals surface area (Å²) in [6.45, 7) is 3.10. The molecule has 2 aromatic carbocycles. The predicted octanol–water partition coefficient (Wildman–Crippen LogP) is 4.15.